The van der Waals surface area contributed by atoms with Crippen molar-refractivity contribution in [2.75, 3.05) is 19.0 Å². The molecule has 3 nitrogen and oxygen atoms in total. The Hall–Kier alpha value is -1.06. The molecule has 2 aliphatic carbocycles. The first-order valence-electron chi connectivity index (χ1n) is 8.21. The van der Waals surface area contributed by atoms with Crippen LogP contribution in [0.4, 0.5) is 0 Å². The van der Waals surface area contributed by atoms with Gasteiger partial charge in [0, 0.05) is 19.7 Å². The maximum absolute atomic E-state index is 12.2. The Kier molecular flexibility index (Phi) is 4.74. The number of carbonyl (C=O) groups excluding carboxylic acids is 1. The van der Waals surface area contributed by atoms with E-state index in [1.165, 1.54) is 29.5 Å². The number of hydrogen-bond acceptors (Lipinski definition) is 2. The minimum absolute atomic E-state index is 0.00798. The lowest BCUT2D eigenvalue weighted by atomic mass is 10.0. The third-order valence-electron chi connectivity index (χ3n) is 5.13. The van der Waals surface area contributed by atoms with Crippen LogP contribution in [0.25, 0.3) is 0 Å². The summed E-state index contributed by atoms with van der Waals surface area (Å²) in [4.78, 5) is 14.1. The van der Waals surface area contributed by atoms with Crippen molar-refractivity contribution in [2.24, 2.45) is 5.41 Å². The molecule has 0 heterocycles. The lowest BCUT2D eigenvalue weighted by molar-refractivity contribution is -0.130. The number of rotatable bonds is 7. The highest BCUT2D eigenvalue weighted by molar-refractivity contribution is 6.27. The van der Waals surface area contributed by atoms with E-state index in [0.717, 1.165) is 32.2 Å². The average Bonchev–Trinajstić information content (AvgIpc) is 3.11. The Morgan fingerprint density at radius 1 is 1.27 bits per heavy atom. The van der Waals surface area contributed by atoms with Gasteiger partial charge in [-0.1, -0.05) is 18.2 Å². The fourth-order valence-corrected chi connectivity index (χ4v) is 3.74. The molecule has 1 fully saturated rings. The van der Waals surface area contributed by atoms with Gasteiger partial charge in [0.15, 0.2) is 0 Å². The van der Waals surface area contributed by atoms with Crippen molar-refractivity contribution in [1.29, 1.82) is 0 Å². The Labute approximate surface area is 137 Å². The Morgan fingerprint density at radius 3 is 2.73 bits per heavy atom. The number of nitrogens with zero attached hydrogens (tertiary/aromatic N) is 1. The van der Waals surface area contributed by atoms with Crippen LogP contribution in [0.5, 0.6) is 0 Å². The van der Waals surface area contributed by atoms with Crippen LogP contribution in [0.15, 0.2) is 18.2 Å². The molecule has 4 heteroatoms. The molecule has 1 N–H and O–H groups in total. The predicted octanol–water partition coefficient (Wildman–Crippen LogP) is 2.91. The highest BCUT2D eigenvalue weighted by Gasteiger charge is 2.43. The highest BCUT2D eigenvalue weighted by atomic mass is 35.5. The first-order chi connectivity index (χ1) is 10.7. The highest BCUT2D eigenvalue weighted by Crippen LogP contribution is 2.49. The summed E-state index contributed by atoms with van der Waals surface area (Å²) in [5.41, 5.74) is 4.22. The fourth-order valence-electron chi connectivity index (χ4n) is 3.57. The monoisotopic (exact) mass is 321 g/mol. The van der Waals surface area contributed by atoms with E-state index in [9.17, 15) is 9.90 Å². The zero-order valence-corrected chi connectivity index (χ0v) is 13.7. The summed E-state index contributed by atoms with van der Waals surface area (Å²) in [6.07, 6.45) is 6.56. The molecule has 2 aliphatic rings. The van der Waals surface area contributed by atoms with Gasteiger partial charge in [-0.05, 0) is 60.6 Å². The smallest absolute Gasteiger partial charge is 0.237 e. The normalized spacial score (nSPS) is 18.1. The van der Waals surface area contributed by atoms with Crippen molar-refractivity contribution < 1.29 is 9.90 Å². The second-order valence-electron chi connectivity index (χ2n) is 6.81. The molecular weight excluding hydrogens is 298 g/mol. The Morgan fingerprint density at radius 2 is 2.05 bits per heavy atom. The van der Waals surface area contributed by atoms with Crippen molar-refractivity contribution in [1.82, 2.24) is 4.90 Å². The number of carbonyl (C=O) groups is 1. The van der Waals surface area contributed by atoms with Gasteiger partial charge >= 0.3 is 0 Å². The maximum atomic E-state index is 12.2. The van der Waals surface area contributed by atoms with Crippen LogP contribution in [0.3, 0.4) is 0 Å². The number of hydrogen-bond donors (Lipinski definition) is 1. The van der Waals surface area contributed by atoms with Gasteiger partial charge in [0.25, 0.3) is 0 Å². The van der Waals surface area contributed by atoms with Gasteiger partial charge in [-0.2, -0.15) is 0 Å². The van der Waals surface area contributed by atoms with Gasteiger partial charge in [-0.15, -0.1) is 11.6 Å². The van der Waals surface area contributed by atoms with E-state index < -0.39 is 0 Å². The Bertz CT molecular complexity index is 554. The van der Waals surface area contributed by atoms with E-state index in [2.05, 4.69) is 18.2 Å². The number of benzene rings is 1. The van der Waals surface area contributed by atoms with Crippen molar-refractivity contribution in [3.05, 3.63) is 34.9 Å². The van der Waals surface area contributed by atoms with Gasteiger partial charge in [-0.3, -0.25) is 4.79 Å². The summed E-state index contributed by atoms with van der Waals surface area (Å²) in [5, 5.41) is 9.22. The molecule has 0 aromatic heterocycles. The van der Waals surface area contributed by atoms with Crippen molar-refractivity contribution in [3.8, 4) is 0 Å². The molecule has 0 radical (unpaired) electrons. The molecule has 1 aromatic carbocycles. The lowest BCUT2D eigenvalue weighted by Crippen LogP contribution is -2.36. The number of amides is 1. The summed E-state index contributed by atoms with van der Waals surface area (Å²) in [6, 6.07) is 6.61. The van der Waals surface area contributed by atoms with Gasteiger partial charge < -0.3 is 10.0 Å². The van der Waals surface area contributed by atoms with E-state index in [0.29, 0.717) is 6.54 Å². The molecule has 1 saturated carbocycles. The average molecular weight is 322 g/mol. The lowest BCUT2D eigenvalue weighted by Gasteiger charge is -2.27. The van der Waals surface area contributed by atoms with Gasteiger partial charge in [0.1, 0.15) is 5.88 Å². The second kappa shape index (κ2) is 6.59. The van der Waals surface area contributed by atoms with E-state index in [1.54, 1.807) is 0 Å². The zero-order valence-electron chi connectivity index (χ0n) is 13.0. The molecule has 0 saturated heterocycles. The predicted molar refractivity (Wildman–Crippen MR) is 88.0 cm³/mol. The third-order valence-corrected chi connectivity index (χ3v) is 5.36. The summed E-state index contributed by atoms with van der Waals surface area (Å²) >= 11 is 5.79. The summed E-state index contributed by atoms with van der Waals surface area (Å²) in [6.45, 7) is 1.55. The van der Waals surface area contributed by atoms with Crippen LogP contribution < -0.4 is 0 Å². The molecule has 1 amide bonds. The van der Waals surface area contributed by atoms with Crippen LogP contribution in [-0.2, 0) is 24.2 Å². The number of halogens is 1. The second-order valence-corrected chi connectivity index (χ2v) is 7.08. The van der Waals surface area contributed by atoms with E-state index >= 15 is 0 Å². The standard InChI is InChI=1S/C18H24ClNO2/c19-11-17(22)20(13-18(6-7-18)8-9-21)12-14-4-5-15-2-1-3-16(15)10-14/h4-5,10,21H,1-3,6-9,11-13H2. The van der Waals surface area contributed by atoms with Crippen molar-refractivity contribution in [3.63, 3.8) is 0 Å². The van der Waals surface area contributed by atoms with Crippen molar-refractivity contribution >= 4 is 17.5 Å². The molecule has 0 atom stereocenters. The van der Waals surface area contributed by atoms with Gasteiger partial charge in [0.2, 0.25) is 5.91 Å². The fraction of sp³-hybridized carbons (Fsp3) is 0.611. The first kappa shape index (κ1) is 15.8. The molecule has 3 rings (SSSR count). The molecule has 120 valence electrons. The van der Waals surface area contributed by atoms with Crippen LogP contribution in [-0.4, -0.2) is 34.9 Å². The van der Waals surface area contributed by atoms with E-state index in [4.69, 9.17) is 11.6 Å². The minimum Gasteiger partial charge on any atom is -0.396 e. The summed E-state index contributed by atoms with van der Waals surface area (Å²) in [7, 11) is 0. The molecule has 0 bridgehead atoms. The molecule has 0 aliphatic heterocycles. The number of aryl methyl sites for hydroxylation is 2. The maximum Gasteiger partial charge on any atom is 0.237 e. The van der Waals surface area contributed by atoms with Gasteiger partial charge in [-0.25, -0.2) is 0 Å². The summed E-state index contributed by atoms with van der Waals surface area (Å²) < 4.78 is 0. The van der Waals surface area contributed by atoms with Crippen LogP contribution in [0.1, 0.15) is 42.4 Å². The first-order valence-corrected chi connectivity index (χ1v) is 8.74. The van der Waals surface area contributed by atoms with Crippen LogP contribution in [0.2, 0.25) is 0 Å². The number of aliphatic hydroxyl groups is 1. The van der Waals surface area contributed by atoms with Crippen LogP contribution >= 0.6 is 11.6 Å². The molecule has 0 spiro atoms. The topological polar surface area (TPSA) is 40.5 Å². The third kappa shape index (κ3) is 3.47. The minimum atomic E-state index is -0.00798. The molecule has 0 unspecified atom stereocenters. The zero-order chi connectivity index (χ0) is 15.6. The van der Waals surface area contributed by atoms with Crippen molar-refractivity contribution in [2.45, 2.75) is 45.1 Å². The number of fused-ring (bicyclic) bond motifs is 1. The number of aliphatic hydroxyl groups excluding tert-OH is 1. The molecule has 22 heavy (non-hydrogen) atoms. The van der Waals surface area contributed by atoms with Crippen LogP contribution in [0, 0.1) is 5.41 Å². The molecule has 1 aromatic rings. The summed E-state index contributed by atoms with van der Waals surface area (Å²) in [5.74, 6) is 0.0199. The van der Waals surface area contributed by atoms with E-state index in [1.807, 2.05) is 4.90 Å². The Balaban J connectivity index is 1.71. The SMILES string of the molecule is O=C(CCl)N(Cc1ccc2c(c1)CCC2)CC1(CCO)CC1. The van der Waals surface area contributed by atoms with E-state index in [-0.39, 0.29) is 23.8 Å². The van der Waals surface area contributed by atoms with Gasteiger partial charge in [0.05, 0.1) is 0 Å². The largest absolute Gasteiger partial charge is 0.396 e. The number of alkyl halides is 1. The molecular formula is C18H24ClNO2. The quantitative estimate of drug-likeness (QED) is 0.784.